The minimum absolute atomic E-state index is 0.285. The van der Waals surface area contributed by atoms with Gasteiger partial charge in [0.15, 0.2) is 5.82 Å². The molecule has 0 aliphatic carbocycles. The van der Waals surface area contributed by atoms with Crippen LogP contribution < -0.4 is 0 Å². The summed E-state index contributed by atoms with van der Waals surface area (Å²) in [5, 5.41) is 0. The van der Waals surface area contributed by atoms with E-state index < -0.39 is 37.1 Å². The van der Waals surface area contributed by atoms with Crippen LogP contribution in [0.15, 0.2) is 17.0 Å². The molecule has 4 nitrogen and oxygen atoms in total. The molecule has 0 saturated heterocycles. The lowest BCUT2D eigenvalue weighted by atomic mass is 10.1. The molecule has 0 bridgehead atoms. The smallest absolute Gasteiger partial charge is 0.264 e. The van der Waals surface area contributed by atoms with Gasteiger partial charge < -0.3 is 4.90 Å². The Morgan fingerprint density at radius 3 is 2.33 bits per heavy atom. The van der Waals surface area contributed by atoms with Crippen molar-refractivity contribution in [3.8, 4) is 0 Å². The molecule has 0 saturated carbocycles. The van der Waals surface area contributed by atoms with Gasteiger partial charge >= 0.3 is 0 Å². The first-order chi connectivity index (χ1) is 9.61. The summed E-state index contributed by atoms with van der Waals surface area (Å²) < 4.78 is 50.5. The van der Waals surface area contributed by atoms with Gasteiger partial charge in [0.1, 0.15) is 16.3 Å². The Bertz CT molecular complexity index is 647. The van der Waals surface area contributed by atoms with E-state index in [9.17, 15) is 22.0 Å². The van der Waals surface area contributed by atoms with Gasteiger partial charge in [-0.3, -0.25) is 4.79 Å². The normalized spacial score (nSPS) is 11.8. The first kappa shape index (κ1) is 17.8. The molecular weight excluding hydrogens is 324 g/mol. The van der Waals surface area contributed by atoms with Gasteiger partial charge in [0.05, 0.1) is 0 Å². The van der Waals surface area contributed by atoms with Crippen molar-refractivity contribution < 1.29 is 22.0 Å². The second-order valence-corrected chi connectivity index (χ2v) is 7.30. The summed E-state index contributed by atoms with van der Waals surface area (Å²) in [5.74, 6) is -3.48. The van der Waals surface area contributed by atoms with Crippen LogP contribution in [0.4, 0.5) is 8.78 Å². The Morgan fingerprint density at radius 2 is 1.90 bits per heavy atom. The minimum atomic E-state index is -4.40. The van der Waals surface area contributed by atoms with Crippen molar-refractivity contribution in [3.05, 3.63) is 29.3 Å². The highest BCUT2D eigenvalue weighted by atomic mass is 35.7. The molecule has 0 aromatic heterocycles. The third-order valence-electron chi connectivity index (χ3n) is 2.88. The van der Waals surface area contributed by atoms with E-state index in [-0.39, 0.29) is 6.04 Å². The first-order valence-electron chi connectivity index (χ1n) is 6.34. The maximum Gasteiger partial charge on any atom is 0.264 e. The highest BCUT2D eigenvalue weighted by molar-refractivity contribution is 8.13. The number of rotatable bonds is 5. The van der Waals surface area contributed by atoms with E-state index in [1.165, 1.54) is 4.90 Å². The van der Waals surface area contributed by atoms with Gasteiger partial charge in [0.2, 0.25) is 0 Å². The van der Waals surface area contributed by atoms with Gasteiger partial charge in [-0.25, -0.2) is 17.2 Å². The molecule has 0 atom stereocenters. The van der Waals surface area contributed by atoms with Crippen molar-refractivity contribution in [2.75, 3.05) is 6.54 Å². The SMILES string of the molecule is CCCN(C(=O)c1c(F)ccc(S(=O)(=O)Cl)c1F)C(C)C. The monoisotopic (exact) mass is 339 g/mol. The van der Waals surface area contributed by atoms with Gasteiger partial charge in [-0.1, -0.05) is 6.92 Å². The van der Waals surface area contributed by atoms with Gasteiger partial charge in [-0.2, -0.15) is 0 Å². The molecule has 8 heteroatoms. The number of nitrogens with zero attached hydrogens (tertiary/aromatic N) is 1. The predicted molar refractivity (Wildman–Crippen MR) is 75.9 cm³/mol. The Balaban J connectivity index is 3.45. The minimum Gasteiger partial charge on any atom is -0.336 e. The zero-order valence-electron chi connectivity index (χ0n) is 11.9. The van der Waals surface area contributed by atoms with E-state index in [0.717, 1.165) is 6.07 Å². The van der Waals surface area contributed by atoms with E-state index in [4.69, 9.17) is 10.7 Å². The average molecular weight is 340 g/mol. The number of amides is 1. The fourth-order valence-corrected chi connectivity index (χ4v) is 2.80. The van der Waals surface area contributed by atoms with Crippen molar-refractivity contribution in [1.29, 1.82) is 0 Å². The molecular formula is C13H16ClF2NO3S. The number of carbonyl (C=O) groups excluding carboxylic acids is 1. The molecule has 0 heterocycles. The number of hydrogen-bond acceptors (Lipinski definition) is 3. The summed E-state index contributed by atoms with van der Waals surface area (Å²) in [4.78, 5) is 12.7. The molecule has 0 unspecified atom stereocenters. The molecule has 1 amide bonds. The van der Waals surface area contributed by atoms with Gasteiger partial charge in [-0.15, -0.1) is 0 Å². The third kappa shape index (κ3) is 3.91. The van der Waals surface area contributed by atoms with Crippen molar-refractivity contribution in [2.45, 2.75) is 38.1 Å². The fraction of sp³-hybridized carbons (Fsp3) is 0.462. The lowest BCUT2D eigenvalue weighted by Crippen LogP contribution is -2.38. The van der Waals surface area contributed by atoms with Gasteiger partial charge in [0, 0.05) is 23.3 Å². The van der Waals surface area contributed by atoms with Crippen molar-refractivity contribution >= 4 is 25.6 Å². The van der Waals surface area contributed by atoms with Gasteiger partial charge in [-0.05, 0) is 32.4 Å². The summed E-state index contributed by atoms with van der Waals surface area (Å²) >= 11 is 0. The highest BCUT2D eigenvalue weighted by Gasteiger charge is 2.29. The summed E-state index contributed by atoms with van der Waals surface area (Å²) in [7, 11) is 0.676. The molecule has 1 aromatic rings. The molecule has 0 fully saturated rings. The van der Waals surface area contributed by atoms with E-state index >= 15 is 0 Å². The molecule has 0 aliphatic rings. The van der Waals surface area contributed by atoms with Crippen LogP contribution in [-0.4, -0.2) is 31.8 Å². The maximum atomic E-state index is 14.2. The zero-order chi connectivity index (χ0) is 16.4. The average Bonchev–Trinajstić information content (AvgIpc) is 2.33. The standard InChI is InChI=1S/C13H16ClF2NO3S/c1-4-7-17(8(2)3)13(18)11-9(15)5-6-10(12(11)16)21(14,19)20/h5-6,8H,4,7H2,1-3H3. The molecule has 0 radical (unpaired) electrons. The third-order valence-corrected chi connectivity index (χ3v) is 4.22. The van der Waals surface area contributed by atoms with Crippen LogP contribution in [0.25, 0.3) is 0 Å². The Labute approximate surface area is 127 Å². The Kier molecular flexibility index (Phi) is 5.69. The van der Waals surface area contributed by atoms with Crippen LogP contribution >= 0.6 is 10.7 Å². The maximum absolute atomic E-state index is 14.2. The molecule has 1 aromatic carbocycles. The van der Waals surface area contributed by atoms with Crippen molar-refractivity contribution in [3.63, 3.8) is 0 Å². The topological polar surface area (TPSA) is 54.5 Å². The molecule has 1 rings (SSSR count). The lowest BCUT2D eigenvalue weighted by molar-refractivity contribution is 0.0695. The van der Waals surface area contributed by atoms with Crippen LogP contribution in [0.3, 0.4) is 0 Å². The summed E-state index contributed by atoms with van der Waals surface area (Å²) in [6.45, 7) is 5.51. The zero-order valence-corrected chi connectivity index (χ0v) is 13.4. The number of halogens is 3. The Hall–Kier alpha value is -1.21. The van der Waals surface area contributed by atoms with Crippen molar-refractivity contribution in [2.24, 2.45) is 0 Å². The second-order valence-electron chi connectivity index (χ2n) is 4.76. The van der Waals surface area contributed by atoms with Gasteiger partial charge in [0.25, 0.3) is 15.0 Å². The molecule has 21 heavy (non-hydrogen) atoms. The van der Waals surface area contributed by atoms with E-state index in [1.807, 2.05) is 6.92 Å². The molecule has 0 aliphatic heterocycles. The summed E-state index contributed by atoms with van der Waals surface area (Å²) in [5.41, 5.74) is -0.904. The van der Waals surface area contributed by atoms with Crippen molar-refractivity contribution in [1.82, 2.24) is 4.90 Å². The van der Waals surface area contributed by atoms with Crippen LogP contribution in [-0.2, 0) is 9.05 Å². The summed E-state index contributed by atoms with van der Waals surface area (Å²) in [6, 6.07) is 1.13. The van der Waals surface area contributed by atoms with E-state index in [0.29, 0.717) is 19.0 Å². The van der Waals surface area contributed by atoms with Crippen LogP contribution in [0, 0.1) is 11.6 Å². The lowest BCUT2D eigenvalue weighted by Gasteiger charge is -2.26. The highest BCUT2D eigenvalue weighted by Crippen LogP contribution is 2.25. The largest absolute Gasteiger partial charge is 0.336 e. The molecule has 118 valence electrons. The van der Waals surface area contributed by atoms with Crippen LogP contribution in [0.1, 0.15) is 37.6 Å². The number of hydrogen-bond donors (Lipinski definition) is 0. The molecule has 0 N–H and O–H groups in total. The van der Waals surface area contributed by atoms with Crippen LogP contribution in [0.5, 0.6) is 0 Å². The van der Waals surface area contributed by atoms with Crippen LogP contribution in [0.2, 0.25) is 0 Å². The first-order valence-corrected chi connectivity index (χ1v) is 8.65. The number of benzene rings is 1. The van der Waals surface area contributed by atoms with E-state index in [2.05, 4.69) is 0 Å². The van der Waals surface area contributed by atoms with E-state index in [1.54, 1.807) is 13.8 Å². The quantitative estimate of drug-likeness (QED) is 0.774. The molecule has 0 spiro atoms. The Morgan fingerprint density at radius 1 is 1.33 bits per heavy atom. The summed E-state index contributed by atoms with van der Waals surface area (Å²) in [6.07, 6.45) is 0.598. The fourth-order valence-electron chi connectivity index (χ4n) is 1.90. The predicted octanol–water partition coefficient (Wildman–Crippen LogP) is 3.15. The number of carbonyl (C=O) groups is 1. The second kappa shape index (κ2) is 6.70.